The van der Waals surface area contributed by atoms with Gasteiger partial charge in [-0.1, -0.05) is 30.3 Å². The van der Waals surface area contributed by atoms with Gasteiger partial charge in [-0.2, -0.15) is 0 Å². The van der Waals surface area contributed by atoms with E-state index in [0.717, 1.165) is 25.4 Å². The highest BCUT2D eigenvalue weighted by Gasteiger charge is 2.49. The minimum atomic E-state index is 0.343. The van der Waals surface area contributed by atoms with Crippen LogP contribution >= 0.6 is 0 Å². The van der Waals surface area contributed by atoms with Crippen LogP contribution < -0.4 is 0 Å². The van der Waals surface area contributed by atoms with Crippen LogP contribution in [0.4, 0.5) is 0 Å². The summed E-state index contributed by atoms with van der Waals surface area (Å²) in [7, 11) is 2.28. The molecule has 22 heavy (non-hydrogen) atoms. The van der Waals surface area contributed by atoms with Crippen LogP contribution in [0.15, 0.2) is 53.1 Å². The first-order valence-electron chi connectivity index (χ1n) is 8.28. The molecule has 1 aromatic carbocycles. The number of likely N-dealkylation sites (N-methyl/N-ethyl adjacent to an activating group) is 1. The Balaban J connectivity index is 1.57. The van der Waals surface area contributed by atoms with Crippen LogP contribution in [0.25, 0.3) is 0 Å². The lowest BCUT2D eigenvalue weighted by molar-refractivity contribution is 0.0868. The fourth-order valence-corrected chi connectivity index (χ4v) is 4.44. The summed E-state index contributed by atoms with van der Waals surface area (Å²) in [6.07, 6.45) is 4.30. The highest BCUT2D eigenvalue weighted by molar-refractivity contribution is 5.31. The third-order valence-corrected chi connectivity index (χ3v) is 5.69. The second kappa shape index (κ2) is 5.56. The van der Waals surface area contributed by atoms with Gasteiger partial charge in [0.1, 0.15) is 5.76 Å². The van der Waals surface area contributed by atoms with Crippen LogP contribution in [0.5, 0.6) is 0 Å². The van der Waals surface area contributed by atoms with Crippen molar-refractivity contribution in [2.45, 2.75) is 30.8 Å². The molecular weight excluding hydrogens is 272 g/mol. The smallest absolute Gasteiger partial charge is 0.117 e. The standard InChI is InChI=1S/C19H24N2O/c1-20-11-9-19(16-6-3-2-4-7-16)10-12-21(15-18(19)20)14-17-8-5-13-22-17/h2-8,13,18H,9-12,14-15H2,1H3/t18-,19+/m1/s1. The van der Waals surface area contributed by atoms with Crippen molar-refractivity contribution in [1.29, 1.82) is 0 Å². The molecule has 4 rings (SSSR count). The summed E-state index contributed by atoms with van der Waals surface area (Å²) in [5.41, 5.74) is 1.87. The van der Waals surface area contributed by atoms with Crippen molar-refractivity contribution in [3.63, 3.8) is 0 Å². The number of piperidine rings is 1. The average Bonchev–Trinajstić information content (AvgIpc) is 3.18. The molecule has 3 heteroatoms. The zero-order valence-electron chi connectivity index (χ0n) is 13.2. The Morgan fingerprint density at radius 2 is 1.91 bits per heavy atom. The van der Waals surface area contributed by atoms with E-state index in [4.69, 9.17) is 4.42 Å². The van der Waals surface area contributed by atoms with Crippen LogP contribution in [0.3, 0.4) is 0 Å². The fourth-order valence-electron chi connectivity index (χ4n) is 4.44. The van der Waals surface area contributed by atoms with Gasteiger partial charge in [0.05, 0.1) is 12.8 Å². The molecule has 0 unspecified atom stereocenters. The molecule has 0 radical (unpaired) electrons. The predicted octanol–water partition coefficient (Wildman–Crippen LogP) is 3.13. The Kier molecular flexibility index (Phi) is 3.55. The number of nitrogens with zero attached hydrogens (tertiary/aromatic N) is 2. The fraction of sp³-hybridized carbons (Fsp3) is 0.474. The van der Waals surface area contributed by atoms with E-state index in [1.165, 1.54) is 24.9 Å². The first-order valence-corrected chi connectivity index (χ1v) is 8.28. The molecule has 0 aliphatic carbocycles. The van der Waals surface area contributed by atoms with Crippen molar-refractivity contribution >= 4 is 0 Å². The van der Waals surface area contributed by atoms with Crippen molar-refractivity contribution in [2.75, 3.05) is 26.7 Å². The highest BCUT2D eigenvalue weighted by Crippen LogP contribution is 2.45. The lowest BCUT2D eigenvalue weighted by atomic mass is 9.69. The molecule has 2 aromatic rings. The normalized spacial score (nSPS) is 29.6. The van der Waals surface area contributed by atoms with Crippen LogP contribution in [-0.2, 0) is 12.0 Å². The molecule has 3 nitrogen and oxygen atoms in total. The molecule has 2 fully saturated rings. The maximum absolute atomic E-state index is 5.53. The molecule has 3 heterocycles. The van der Waals surface area contributed by atoms with Gasteiger partial charge >= 0.3 is 0 Å². The third kappa shape index (κ3) is 2.29. The van der Waals surface area contributed by atoms with Crippen LogP contribution in [-0.4, -0.2) is 42.5 Å². The highest BCUT2D eigenvalue weighted by atomic mass is 16.3. The van der Waals surface area contributed by atoms with Crippen molar-refractivity contribution in [3.8, 4) is 0 Å². The Morgan fingerprint density at radius 3 is 2.68 bits per heavy atom. The van der Waals surface area contributed by atoms with Gasteiger partial charge in [-0.05, 0) is 50.7 Å². The van der Waals surface area contributed by atoms with E-state index in [1.54, 1.807) is 6.26 Å². The second-order valence-electron chi connectivity index (χ2n) is 6.83. The molecule has 0 saturated carbocycles. The van der Waals surface area contributed by atoms with Crippen molar-refractivity contribution in [3.05, 3.63) is 60.1 Å². The summed E-state index contributed by atoms with van der Waals surface area (Å²) in [6, 6.07) is 15.8. The van der Waals surface area contributed by atoms with Gasteiger partial charge < -0.3 is 9.32 Å². The summed E-state index contributed by atoms with van der Waals surface area (Å²) in [5, 5.41) is 0. The Hall–Kier alpha value is -1.58. The molecule has 2 aliphatic heterocycles. The summed E-state index contributed by atoms with van der Waals surface area (Å²) >= 11 is 0. The van der Waals surface area contributed by atoms with Gasteiger partial charge in [0, 0.05) is 18.0 Å². The second-order valence-corrected chi connectivity index (χ2v) is 6.83. The number of hydrogen-bond donors (Lipinski definition) is 0. The van der Waals surface area contributed by atoms with E-state index in [2.05, 4.69) is 53.2 Å². The van der Waals surface area contributed by atoms with Gasteiger partial charge in [0.2, 0.25) is 0 Å². The van der Waals surface area contributed by atoms with Gasteiger partial charge in [0.15, 0.2) is 0 Å². The number of furan rings is 1. The van der Waals surface area contributed by atoms with Gasteiger partial charge in [-0.15, -0.1) is 0 Å². The molecular formula is C19H24N2O. The molecule has 2 atom stereocenters. The number of fused-ring (bicyclic) bond motifs is 1. The number of benzene rings is 1. The first kappa shape index (κ1) is 14.0. The first-order chi connectivity index (χ1) is 10.8. The molecule has 1 aromatic heterocycles. The number of rotatable bonds is 3. The molecule has 2 saturated heterocycles. The van der Waals surface area contributed by atoms with Crippen LogP contribution in [0, 0.1) is 0 Å². The quantitative estimate of drug-likeness (QED) is 0.867. The monoisotopic (exact) mass is 296 g/mol. The molecule has 2 aliphatic rings. The SMILES string of the molecule is CN1CC[C@@]2(c3ccccc3)CCN(Cc3ccco3)C[C@@H]12. The van der Waals surface area contributed by atoms with E-state index in [-0.39, 0.29) is 0 Å². The number of hydrogen-bond acceptors (Lipinski definition) is 3. The lowest BCUT2D eigenvalue weighted by Crippen LogP contribution is -2.54. The maximum atomic E-state index is 5.53. The topological polar surface area (TPSA) is 19.6 Å². The molecule has 0 N–H and O–H groups in total. The van der Waals surface area contributed by atoms with Gasteiger partial charge in [0.25, 0.3) is 0 Å². The van der Waals surface area contributed by atoms with E-state index in [0.29, 0.717) is 11.5 Å². The molecule has 0 bridgehead atoms. The van der Waals surface area contributed by atoms with Crippen molar-refractivity contribution in [2.24, 2.45) is 0 Å². The van der Waals surface area contributed by atoms with Gasteiger partial charge in [-0.3, -0.25) is 4.90 Å². The van der Waals surface area contributed by atoms with E-state index in [1.807, 2.05) is 6.07 Å². The van der Waals surface area contributed by atoms with E-state index >= 15 is 0 Å². The van der Waals surface area contributed by atoms with Crippen molar-refractivity contribution in [1.82, 2.24) is 9.80 Å². The molecule has 0 amide bonds. The van der Waals surface area contributed by atoms with E-state index < -0.39 is 0 Å². The average molecular weight is 296 g/mol. The third-order valence-electron chi connectivity index (χ3n) is 5.69. The predicted molar refractivity (Wildman–Crippen MR) is 87.8 cm³/mol. The van der Waals surface area contributed by atoms with E-state index in [9.17, 15) is 0 Å². The van der Waals surface area contributed by atoms with Crippen molar-refractivity contribution < 1.29 is 4.42 Å². The Bertz CT molecular complexity index is 610. The van der Waals surface area contributed by atoms with Crippen LogP contribution in [0.1, 0.15) is 24.2 Å². The lowest BCUT2D eigenvalue weighted by Gasteiger charge is -2.46. The number of likely N-dealkylation sites (tertiary alicyclic amines) is 2. The Labute approximate surface area is 132 Å². The summed E-state index contributed by atoms with van der Waals surface area (Å²) in [6.45, 7) is 4.42. The largest absolute Gasteiger partial charge is 0.468 e. The summed E-state index contributed by atoms with van der Waals surface area (Å²) < 4.78 is 5.53. The minimum Gasteiger partial charge on any atom is -0.468 e. The molecule has 0 spiro atoms. The zero-order valence-corrected chi connectivity index (χ0v) is 13.2. The summed E-state index contributed by atoms with van der Waals surface area (Å²) in [5.74, 6) is 1.08. The maximum Gasteiger partial charge on any atom is 0.117 e. The minimum absolute atomic E-state index is 0.343. The van der Waals surface area contributed by atoms with Crippen LogP contribution in [0.2, 0.25) is 0 Å². The molecule has 116 valence electrons. The zero-order chi connectivity index (χ0) is 15.0. The summed E-state index contributed by atoms with van der Waals surface area (Å²) in [4.78, 5) is 5.10. The van der Waals surface area contributed by atoms with Gasteiger partial charge in [-0.25, -0.2) is 0 Å². The Morgan fingerprint density at radius 1 is 1.09 bits per heavy atom.